The molecule has 1 aliphatic carbocycles. The fourth-order valence-corrected chi connectivity index (χ4v) is 5.30. The Labute approximate surface area is 214 Å². The van der Waals surface area contributed by atoms with Crippen molar-refractivity contribution in [1.82, 2.24) is 14.6 Å². The van der Waals surface area contributed by atoms with Crippen LogP contribution in [0, 0.1) is 11.7 Å². The predicted molar refractivity (Wildman–Crippen MR) is 134 cm³/mol. The molecule has 3 atom stereocenters. The molecule has 0 amide bonds. The topological polar surface area (TPSA) is 129 Å². The van der Waals surface area contributed by atoms with Crippen LogP contribution in [0.3, 0.4) is 0 Å². The first-order chi connectivity index (χ1) is 17.7. The molecule has 37 heavy (non-hydrogen) atoms. The zero-order valence-electron chi connectivity index (χ0n) is 20.5. The largest absolute Gasteiger partial charge is 0.462 e. The number of halogens is 1. The first-order valence-corrected chi connectivity index (χ1v) is 14.2. The van der Waals surface area contributed by atoms with E-state index in [1.807, 2.05) is 6.07 Å². The van der Waals surface area contributed by atoms with Gasteiger partial charge in [0.2, 0.25) is 0 Å². The molecule has 0 spiro atoms. The molecule has 2 aromatic heterocycles. The molecule has 1 aromatic carbocycles. The number of fused-ring (bicyclic) bond motifs is 1. The summed E-state index contributed by atoms with van der Waals surface area (Å²) in [7, 11) is -3.57. The van der Waals surface area contributed by atoms with Crippen LogP contribution in [0.25, 0.3) is 5.65 Å². The molecule has 2 fully saturated rings. The first-order valence-electron chi connectivity index (χ1n) is 12.4. The SMILES string of the molecule is CS(=O)(=O)OCCc1ccc(F)cc1[C@H]1CCCN1c1ccn2ncc(C(=O)OCCC3CC3N)c2n1. The van der Waals surface area contributed by atoms with E-state index in [1.54, 1.807) is 12.3 Å². The summed E-state index contributed by atoms with van der Waals surface area (Å²) in [6.07, 6.45) is 7.86. The molecule has 0 radical (unpaired) electrons. The van der Waals surface area contributed by atoms with Crippen LogP contribution >= 0.6 is 0 Å². The van der Waals surface area contributed by atoms with E-state index in [2.05, 4.69) is 10.00 Å². The van der Waals surface area contributed by atoms with E-state index in [1.165, 1.54) is 22.8 Å². The Morgan fingerprint density at radius 3 is 2.84 bits per heavy atom. The lowest BCUT2D eigenvalue weighted by molar-refractivity contribution is 0.0496. The number of carbonyl (C=O) groups is 1. The van der Waals surface area contributed by atoms with Crippen molar-refractivity contribution in [2.45, 2.75) is 44.2 Å². The minimum Gasteiger partial charge on any atom is -0.462 e. The van der Waals surface area contributed by atoms with Gasteiger partial charge in [0.1, 0.15) is 17.2 Å². The van der Waals surface area contributed by atoms with Crippen molar-refractivity contribution in [2.24, 2.45) is 11.7 Å². The van der Waals surface area contributed by atoms with Crippen LogP contribution in [0.1, 0.15) is 53.2 Å². The second kappa shape index (κ2) is 10.3. The smallest absolute Gasteiger partial charge is 0.343 e. The van der Waals surface area contributed by atoms with Gasteiger partial charge in [0, 0.05) is 18.8 Å². The molecule has 3 heterocycles. The molecule has 1 saturated carbocycles. The minimum absolute atomic E-state index is 0.0254. The Bertz CT molecular complexity index is 1410. The quantitative estimate of drug-likeness (QED) is 0.310. The molecule has 2 N–H and O–H groups in total. The molecule has 1 aliphatic heterocycles. The molecule has 3 aromatic rings. The van der Waals surface area contributed by atoms with Gasteiger partial charge >= 0.3 is 5.97 Å². The van der Waals surface area contributed by atoms with Crippen LogP contribution in [-0.2, 0) is 25.5 Å². The monoisotopic (exact) mass is 531 g/mol. The highest BCUT2D eigenvalue weighted by Gasteiger charge is 2.33. The van der Waals surface area contributed by atoms with Gasteiger partial charge in [-0.2, -0.15) is 13.5 Å². The van der Waals surface area contributed by atoms with Gasteiger partial charge in [-0.05, 0) is 67.3 Å². The highest BCUT2D eigenvalue weighted by molar-refractivity contribution is 7.85. The van der Waals surface area contributed by atoms with Crippen molar-refractivity contribution < 1.29 is 26.5 Å². The minimum atomic E-state index is -3.57. The average molecular weight is 532 g/mol. The lowest BCUT2D eigenvalue weighted by Crippen LogP contribution is -2.25. The van der Waals surface area contributed by atoms with E-state index in [4.69, 9.17) is 19.6 Å². The van der Waals surface area contributed by atoms with Gasteiger partial charge in [0.25, 0.3) is 10.1 Å². The lowest BCUT2D eigenvalue weighted by atomic mass is 9.96. The third-order valence-corrected chi connectivity index (χ3v) is 7.55. The van der Waals surface area contributed by atoms with Gasteiger partial charge in [-0.1, -0.05) is 6.07 Å². The van der Waals surface area contributed by atoms with Gasteiger partial charge in [-0.15, -0.1) is 0 Å². The molecule has 12 heteroatoms. The number of anilines is 1. The summed E-state index contributed by atoms with van der Waals surface area (Å²) in [6, 6.07) is 6.38. The number of esters is 1. The maximum absolute atomic E-state index is 14.3. The number of nitrogens with zero attached hydrogens (tertiary/aromatic N) is 4. The Hall–Kier alpha value is -3.09. The van der Waals surface area contributed by atoms with Crippen molar-refractivity contribution in [3.05, 3.63) is 59.2 Å². The maximum atomic E-state index is 14.3. The third-order valence-electron chi connectivity index (χ3n) is 6.96. The zero-order valence-corrected chi connectivity index (χ0v) is 21.4. The van der Waals surface area contributed by atoms with Gasteiger partial charge in [-0.25, -0.2) is 18.7 Å². The lowest BCUT2D eigenvalue weighted by Gasteiger charge is -2.28. The molecule has 0 bridgehead atoms. The summed E-state index contributed by atoms with van der Waals surface area (Å²) in [5, 5.41) is 4.23. The summed E-state index contributed by atoms with van der Waals surface area (Å²) < 4.78 is 48.9. The molecule has 10 nitrogen and oxygen atoms in total. The van der Waals surface area contributed by atoms with Crippen LogP contribution in [-0.4, -0.2) is 61.0 Å². The molecule has 198 valence electrons. The highest BCUT2D eigenvalue weighted by Crippen LogP contribution is 2.37. The summed E-state index contributed by atoms with van der Waals surface area (Å²) in [5.41, 5.74) is 8.07. The number of carbonyl (C=O) groups excluding carboxylic acids is 1. The van der Waals surface area contributed by atoms with Gasteiger partial charge in [0.05, 0.1) is 31.7 Å². The number of aromatic nitrogens is 3. The Balaban J connectivity index is 1.37. The number of nitrogens with two attached hydrogens (primary N) is 1. The van der Waals surface area contributed by atoms with Crippen molar-refractivity contribution in [3.63, 3.8) is 0 Å². The van der Waals surface area contributed by atoms with Crippen molar-refractivity contribution in [1.29, 1.82) is 0 Å². The van der Waals surface area contributed by atoms with Crippen LogP contribution in [0.4, 0.5) is 10.2 Å². The standard InChI is InChI=1S/C25H30FN5O5S/c1-37(33,34)36-12-8-16-4-5-18(26)14-19(16)22-3-2-9-30(22)23-6-10-31-24(29-23)20(15-28-31)25(32)35-11-7-17-13-21(17)27/h4-6,10,14-15,17,21-22H,2-3,7-9,11-13,27H2,1H3/t17?,21?,22-/m1/s1. The van der Waals surface area contributed by atoms with Gasteiger partial charge in [-0.3, -0.25) is 4.18 Å². The van der Waals surface area contributed by atoms with Crippen molar-refractivity contribution in [3.8, 4) is 0 Å². The number of ether oxygens (including phenoxy) is 1. The number of rotatable bonds is 10. The zero-order chi connectivity index (χ0) is 26.2. The third kappa shape index (κ3) is 5.91. The second-order valence-electron chi connectivity index (χ2n) is 9.67. The number of hydrogen-bond donors (Lipinski definition) is 1. The Morgan fingerprint density at radius 1 is 1.27 bits per heavy atom. The molecule has 1 saturated heterocycles. The first kappa shape index (κ1) is 25.6. The van der Waals surface area contributed by atoms with E-state index in [9.17, 15) is 17.6 Å². The number of benzene rings is 1. The summed E-state index contributed by atoms with van der Waals surface area (Å²) in [6.45, 7) is 0.968. The molecular weight excluding hydrogens is 501 g/mol. The van der Waals surface area contributed by atoms with Crippen molar-refractivity contribution in [2.75, 3.05) is 30.9 Å². The fraction of sp³-hybridized carbons (Fsp3) is 0.480. The average Bonchev–Trinajstić information content (AvgIpc) is 3.23. The molecular formula is C25H30FN5O5S. The normalized spacial score (nSPS) is 21.5. The Kier molecular flexibility index (Phi) is 7.15. The van der Waals surface area contributed by atoms with E-state index in [0.717, 1.165) is 43.1 Å². The summed E-state index contributed by atoms with van der Waals surface area (Å²) >= 11 is 0. The van der Waals surface area contributed by atoms with Gasteiger partial charge in [0.15, 0.2) is 5.65 Å². The van der Waals surface area contributed by atoms with E-state index in [0.29, 0.717) is 37.0 Å². The van der Waals surface area contributed by atoms with E-state index < -0.39 is 16.1 Å². The number of hydrogen-bond acceptors (Lipinski definition) is 9. The van der Waals surface area contributed by atoms with E-state index in [-0.39, 0.29) is 30.1 Å². The van der Waals surface area contributed by atoms with Crippen LogP contribution in [0.15, 0.2) is 36.7 Å². The van der Waals surface area contributed by atoms with Crippen LogP contribution < -0.4 is 10.6 Å². The maximum Gasteiger partial charge on any atom is 0.343 e. The fourth-order valence-electron chi connectivity index (χ4n) is 4.92. The summed E-state index contributed by atoms with van der Waals surface area (Å²) in [5.74, 6) is 0.200. The second-order valence-corrected chi connectivity index (χ2v) is 11.3. The summed E-state index contributed by atoms with van der Waals surface area (Å²) in [4.78, 5) is 19.5. The van der Waals surface area contributed by atoms with Crippen molar-refractivity contribution >= 4 is 27.6 Å². The van der Waals surface area contributed by atoms with E-state index >= 15 is 0 Å². The Morgan fingerprint density at radius 2 is 2.08 bits per heavy atom. The molecule has 5 rings (SSSR count). The van der Waals surface area contributed by atoms with Crippen LogP contribution in [0.2, 0.25) is 0 Å². The molecule has 2 aliphatic rings. The predicted octanol–water partition coefficient (Wildman–Crippen LogP) is 2.62. The van der Waals surface area contributed by atoms with Crippen LogP contribution in [0.5, 0.6) is 0 Å². The molecule has 2 unspecified atom stereocenters. The highest BCUT2D eigenvalue weighted by atomic mass is 32.2. The van der Waals surface area contributed by atoms with Gasteiger partial charge < -0.3 is 15.4 Å².